The Balaban J connectivity index is 2.17. The molecule has 0 saturated carbocycles. The highest BCUT2D eigenvalue weighted by atomic mass is 35.5. The smallest absolute Gasteiger partial charge is 0.256 e. The van der Waals surface area contributed by atoms with E-state index >= 15 is 0 Å². The first kappa shape index (κ1) is 8.85. The minimum absolute atomic E-state index is 0.120. The second kappa shape index (κ2) is 2.89. The van der Waals surface area contributed by atoms with E-state index in [-0.39, 0.29) is 5.91 Å². The summed E-state index contributed by atoms with van der Waals surface area (Å²) in [7, 11) is 0. The van der Waals surface area contributed by atoms with Gasteiger partial charge in [0.1, 0.15) is 0 Å². The molecule has 1 aromatic carbocycles. The summed E-state index contributed by atoms with van der Waals surface area (Å²) in [6.07, 6.45) is 0. The Morgan fingerprint density at radius 2 is 1.85 bits per heavy atom. The van der Waals surface area contributed by atoms with Gasteiger partial charge in [-0.2, -0.15) is 0 Å². The van der Waals surface area contributed by atoms with E-state index in [1.807, 2.05) is 6.07 Å². The van der Waals surface area contributed by atoms with Crippen molar-refractivity contribution in [1.29, 1.82) is 0 Å². The predicted octanol–water partition coefficient (Wildman–Crippen LogP) is 2.27. The maximum absolute atomic E-state index is 11.6. The maximum atomic E-state index is 11.6. The molecule has 0 aliphatic carbocycles. The summed E-state index contributed by atoms with van der Waals surface area (Å²) in [6, 6.07) is 8.95. The number of hydrogen-bond acceptors (Lipinski definition) is 1. The zero-order valence-electron chi connectivity index (χ0n) is 6.71. The van der Waals surface area contributed by atoms with E-state index in [1.165, 1.54) is 4.90 Å². The summed E-state index contributed by atoms with van der Waals surface area (Å²) in [4.78, 5) is 13.0. The third kappa shape index (κ3) is 1.64. The highest BCUT2D eigenvalue weighted by Gasteiger charge is 2.52. The number of alkyl halides is 2. The molecular weight excluding hydrogens is 209 g/mol. The average Bonchev–Trinajstić information content (AvgIpc) is 2.76. The van der Waals surface area contributed by atoms with Crippen molar-refractivity contribution in [3.05, 3.63) is 35.9 Å². The number of amides is 1. The van der Waals surface area contributed by atoms with Crippen LogP contribution in [0.3, 0.4) is 0 Å². The van der Waals surface area contributed by atoms with Crippen molar-refractivity contribution in [2.75, 3.05) is 6.54 Å². The average molecular weight is 216 g/mol. The van der Waals surface area contributed by atoms with Gasteiger partial charge in [0.25, 0.3) is 5.91 Å². The number of rotatable bonds is 1. The van der Waals surface area contributed by atoms with Crippen LogP contribution in [-0.2, 0) is 0 Å². The minimum Gasteiger partial charge on any atom is -0.300 e. The summed E-state index contributed by atoms with van der Waals surface area (Å²) in [5.41, 5.74) is 0.616. The second-order valence-electron chi connectivity index (χ2n) is 2.92. The van der Waals surface area contributed by atoms with E-state index in [2.05, 4.69) is 0 Å². The van der Waals surface area contributed by atoms with Gasteiger partial charge in [0, 0.05) is 5.56 Å². The van der Waals surface area contributed by atoms with Gasteiger partial charge >= 0.3 is 0 Å². The Morgan fingerprint density at radius 3 is 2.31 bits per heavy atom. The number of carbonyl (C=O) groups is 1. The summed E-state index contributed by atoms with van der Waals surface area (Å²) in [5, 5.41) is 0. The summed E-state index contributed by atoms with van der Waals surface area (Å²) in [6.45, 7) is 0.407. The van der Waals surface area contributed by atoms with Gasteiger partial charge in [-0.15, -0.1) is 0 Å². The molecule has 0 radical (unpaired) electrons. The lowest BCUT2D eigenvalue weighted by atomic mass is 10.2. The fourth-order valence-electron chi connectivity index (χ4n) is 1.11. The van der Waals surface area contributed by atoms with Crippen LogP contribution in [0.2, 0.25) is 0 Å². The monoisotopic (exact) mass is 215 g/mol. The SMILES string of the molecule is O=C(c1ccccc1)N1CC1(Cl)Cl. The van der Waals surface area contributed by atoms with Crippen LogP contribution in [0, 0.1) is 0 Å². The van der Waals surface area contributed by atoms with Crippen molar-refractivity contribution in [1.82, 2.24) is 4.90 Å². The molecule has 1 saturated heterocycles. The van der Waals surface area contributed by atoms with Crippen molar-refractivity contribution in [2.45, 2.75) is 4.46 Å². The Labute approximate surface area is 86.0 Å². The molecule has 0 atom stereocenters. The highest BCUT2D eigenvalue weighted by Crippen LogP contribution is 2.41. The Kier molecular flexibility index (Phi) is 1.97. The van der Waals surface area contributed by atoms with Crippen molar-refractivity contribution in [3.63, 3.8) is 0 Å². The third-order valence-electron chi connectivity index (χ3n) is 1.91. The second-order valence-corrected chi connectivity index (χ2v) is 4.37. The molecule has 1 aromatic rings. The third-order valence-corrected chi connectivity index (χ3v) is 2.55. The molecule has 0 N–H and O–H groups in total. The van der Waals surface area contributed by atoms with Crippen LogP contribution in [0.15, 0.2) is 30.3 Å². The molecule has 0 unspecified atom stereocenters. The van der Waals surface area contributed by atoms with Crippen LogP contribution in [0.4, 0.5) is 0 Å². The molecule has 1 fully saturated rings. The zero-order chi connectivity index (χ0) is 9.47. The Morgan fingerprint density at radius 1 is 1.31 bits per heavy atom. The van der Waals surface area contributed by atoms with Crippen molar-refractivity contribution in [2.24, 2.45) is 0 Å². The molecular formula is C9H7Cl2NO. The van der Waals surface area contributed by atoms with E-state index in [4.69, 9.17) is 23.2 Å². The molecule has 1 amide bonds. The van der Waals surface area contributed by atoms with E-state index in [0.29, 0.717) is 12.1 Å². The zero-order valence-corrected chi connectivity index (χ0v) is 8.22. The molecule has 0 spiro atoms. The standard InChI is InChI=1S/C9H7Cl2NO/c10-9(11)6-12(9)8(13)7-4-2-1-3-5-7/h1-5H,6H2. The number of hydrogen-bond donors (Lipinski definition) is 0. The lowest BCUT2D eigenvalue weighted by Crippen LogP contribution is -2.14. The first-order chi connectivity index (χ1) is 6.11. The van der Waals surface area contributed by atoms with Gasteiger partial charge in [-0.3, -0.25) is 4.79 Å². The van der Waals surface area contributed by atoms with E-state index in [9.17, 15) is 4.79 Å². The fraction of sp³-hybridized carbons (Fsp3) is 0.222. The van der Waals surface area contributed by atoms with Crippen molar-refractivity contribution >= 4 is 29.1 Å². The van der Waals surface area contributed by atoms with Gasteiger partial charge in [0.15, 0.2) is 0 Å². The number of halogens is 2. The van der Waals surface area contributed by atoms with Crippen LogP contribution in [-0.4, -0.2) is 21.8 Å². The van der Waals surface area contributed by atoms with Gasteiger partial charge in [-0.25, -0.2) is 0 Å². The molecule has 4 heteroatoms. The lowest BCUT2D eigenvalue weighted by Gasteiger charge is -2.03. The molecule has 1 aliphatic rings. The first-order valence-electron chi connectivity index (χ1n) is 3.86. The van der Waals surface area contributed by atoms with Gasteiger partial charge in [0.2, 0.25) is 4.46 Å². The summed E-state index contributed by atoms with van der Waals surface area (Å²) >= 11 is 11.4. The minimum atomic E-state index is -0.979. The maximum Gasteiger partial charge on any atom is 0.256 e. The number of benzene rings is 1. The van der Waals surface area contributed by atoms with Crippen LogP contribution in [0.1, 0.15) is 10.4 Å². The molecule has 0 aromatic heterocycles. The van der Waals surface area contributed by atoms with Crippen LogP contribution < -0.4 is 0 Å². The fourth-order valence-corrected chi connectivity index (χ4v) is 1.50. The molecule has 1 heterocycles. The molecule has 0 bridgehead atoms. The molecule has 68 valence electrons. The molecule has 13 heavy (non-hydrogen) atoms. The normalized spacial score (nSPS) is 18.5. The Bertz CT molecular complexity index is 337. The van der Waals surface area contributed by atoms with Gasteiger partial charge < -0.3 is 4.90 Å². The van der Waals surface area contributed by atoms with Crippen LogP contribution >= 0.6 is 23.2 Å². The quantitative estimate of drug-likeness (QED) is 0.400. The topological polar surface area (TPSA) is 20.1 Å². The van der Waals surface area contributed by atoms with E-state index < -0.39 is 4.46 Å². The van der Waals surface area contributed by atoms with Crippen molar-refractivity contribution < 1.29 is 4.79 Å². The predicted molar refractivity (Wildman–Crippen MR) is 51.9 cm³/mol. The van der Waals surface area contributed by atoms with Crippen LogP contribution in [0.5, 0.6) is 0 Å². The molecule has 1 aliphatic heterocycles. The van der Waals surface area contributed by atoms with Gasteiger partial charge in [-0.1, -0.05) is 41.4 Å². The first-order valence-corrected chi connectivity index (χ1v) is 4.62. The summed E-state index contributed by atoms with van der Waals surface area (Å²) in [5.74, 6) is -0.120. The highest BCUT2D eigenvalue weighted by molar-refractivity contribution is 6.51. The molecule has 2 rings (SSSR count). The van der Waals surface area contributed by atoms with Gasteiger partial charge in [0.05, 0.1) is 6.54 Å². The lowest BCUT2D eigenvalue weighted by molar-refractivity contribution is 0.0878. The summed E-state index contributed by atoms with van der Waals surface area (Å²) < 4.78 is -0.979. The Hall–Kier alpha value is -0.730. The molecule has 2 nitrogen and oxygen atoms in total. The van der Waals surface area contributed by atoms with E-state index in [1.54, 1.807) is 24.3 Å². The van der Waals surface area contributed by atoms with E-state index in [0.717, 1.165) is 0 Å². The largest absolute Gasteiger partial charge is 0.300 e. The number of nitrogens with zero attached hydrogens (tertiary/aromatic N) is 1. The van der Waals surface area contributed by atoms with Gasteiger partial charge in [-0.05, 0) is 12.1 Å². The van der Waals surface area contributed by atoms with Crippen LogP contribution in [0.25, 0.3) is 0 Å². The van der Waals surface area contributed by atoms with Crippen molar-refractivity contribution in [3.8, 4) is 0 Å². The number of carbonyl (C=O) groups excluding carboxylic acids is 1.